The summed E-state index contributed by atoms with van der Waals surface area (Å²) in [4.78, 5) is 29.6. The van der Waals surface area contributed by atoms with Gasteiger partial charge in [-0.25, -0.2) is 4.98 Å². The zero-order chi connectivity index (χ0) is 12.6. The van der Waals surface area contributed by atoms with Crippen molar-refractivity contribution in [1.82, 2.24) is 14.5 Å². The summed E-state index contributed by atoms with van der Waals surface area (Å²) in [7, 11) is 1.79. The Morgan fingerprint density at radius 3 is 2.88 bits per heavy atom. The average molecular weight is 347 g/mol. The summed E-state index contributed by atoms with van der Waals surface area (Å²) in [6.45, 7) is 1.86. The molecule has 1 aromatic rings. The van der Waals surface area contributed by atoms with Gasteiger partial charge >= 0.3 is 0 Å². The Morgan fingerprint density at radius 2 is 2.29 bits per heavy atom. The second kappa shape index (κ2) is 4.75. The van der Waals surface area contributed by atoms with Crippen molar-refractivity contribution in [2.45, 2.75) is 32.4 Å². The Kier molecular flexibility index (Phi) is 3.50. The number of aromatic nitrogens is 2. The molecule has 1 heterocycles. The van der Waals surface area contributed by atoms with Crippen LogP contribution in [-0.2, 0) is 11.3 Å². The van der Waals surface area contributed by atoms with E-state index in [0.29, 0.717) is 15.3 Å². The highest BCUT2D eigenvalue weighted by atomic mass is 127. The van der Waals surface area contributed by atoms with Crippen molar-refractivity contribution in [3.63, 3.8) is 0 Å². The van der Waals surface area contributed by atoms with Crippen molar-refractivity contribution in [2.24, 2.45) is 0 Å². The lowest BCUT2D eigenvalue weighted by Crippen LogP contribution is -2.36. The summed E-state index contributed by atoms with van der Waals surface area (Å²) in [6, 6.07) is 0.371. The number of amides is 1. The number of rotatable bonds is 3. The van der Waals surface area contributed by atoms with E-state index in [2.05, 4.69) is 4.98 Å². The van der Waals surface area contributed by atoms with Gasteiger partial charge in [-0.2, -0.15) is 0 Å². The van der Waals surface area contributed by atoms with E-state index in [1.54, 1.807) is 18.9 Å². The van der Waals surface area contributed by atoms with Crippen LogP contribution < -0.4 is 5.56 Å². The second-order valence-electron chi connectivity index (χ2n) is 4.31. The molecule has 17 heavy (non-hydrogen) atoms. The second-order valence-corrected chi connectivity index (χ2v) is 5.39. The molecule has 1 saturated carbocycles. The molecule has 0 N–H and O–H groups in total. The van der Waals surface area contributed by atoms with Gasteiger partial charge in [-0.1, -0.05) is 0 Å². The van der Waals surface area contributed by atoms with Gasteiger partial charge in [0.25, 0.3) is 5.56 Å². The molecular formula is C11H14IN3O2. The smallest absolute Gasteiger partial charge is 0.267 e. The van der Waals surface area contributed by atoms with Crippen molar-refractivity contribution in [3.05, 3.63) is 25.9 Å². The summed E-state index contributed by atoms with van der Waals surface area (Å²) in [5, 5.41) is 0. The minimum atomic E-state index is -0.143. The summed E-state index contributed by atoms with van der Waals surface area (Å²) >= 11 is 1.96. The van der Waals surface area contributed by atoms with Gasteiger partial charge in [0.05, 0.1) is 15.6 Å². The molecule has 1 aliphatic rings. The van der Waals surface area contributed by atoms with Crippen LogP contribution in [0, 0.1) is 10.5 Å². The van der Waals surface area contributed by atoms with E-state index < -0.39 is 0 Å². The summed E-state index contributed by atoms with van der Waals surface area (Å²) in [5.74, 6) is -0.0314. The normalized spacial score (nSPS) is 14.8. The lowest BCUT2D eigenvalue weighted by molar-refractivity contribution is -0.131. The molecule has 0 saturated heterocycles. The lowest BCUT2D eigenvalue weighted by Gasteiger charge is -2.16. The quantitative estimate of drug-likeness (QED) is 0.760. The Bertz CT molecular complexity index is 508. The first-order chi connectivity index (χ1) is 8.00. The average Bonchev–Trinajstić information content (AvgIpc) is 3.13. The molecule has 1 fully saturated rings. The molecule has 1 aromatic heterocycles. The van der Waals surface area contributed by atoms with E-state index in [-0.39, 0.29) is 18.0 Å². The minimum absolute atomic E-state index is 0.0314. The highest BCUT2D eigenvalue weighted by Gasteiger charge is 2.29. The van der Waals surface area contributed by atoms with E-state index in [1.165, 1.54) is 10.9 Å². The van der Waals surface area contributed by atoms with Gasteiger partial charge in [-0.15, -0.1) is 0 Å². The lowest BCUT2D eigenvalue weighted by atomic mass is 10.4. The maximum atomic E-state index is 11.9. The van der Waals surface area contributed by atoms with Crippen LogP contribution >= 0.6 is 22.6 Å². The third kappa shape index (κ3) is 2.67. The minimum Gasteiger partial charge on any atom is -0.341 e. The number of aryl methyl sites for hydroxylation is 1. The standard InChI is InChI=1S/C11H14IN3O2/c1-7-10(12)11(17)15(6-13-7)5-9(16)14(2)8-3-4-8/h6,8H,3-5H2,1-2H3. The van der Waals surface area contributed by atoms with Gasteiger partial charge in [0, 0.05) is 13.1 Å². The molecule has 0 radical (unpaired) electrons. The Labute approximate surface area is 113 Å². The van der Waals surface area contributed by atoms with Gasteiger partial charge in [0.15, 0.2) is 0 Å². The predicted octanol–water partition coefficient (Wildman–Crippen LogP) is 0.777. The highest BCUT2D eigenvalue weighted by molar-refractivity contribution is 14.1. The molecule has 1 aliphatic carbocycles. The molecule has 92 valence electrons. The fourth-order valence-corrected chi connectivity index (χ4v) is 2.03. The number of carbonyl (C=O) groups excluding carboxylic acids is 1. The SMILES string of the molecule is Cc1ncn(CC(=O)N(C)C2CC2)c(=O)c1I. The van der Waals surface area contributed by atoms with Crippen LogP contribution in [0.1, 0.15) is 18.5 Å². The number of hydrogen-bond donors (Lipinski definition) is 0. The van der Waals surface area contributed by atoms with Crippen LogP contribution in [0.2, 0.25) is 0 Å². The zero-order valence-electron chi connectivity index (χ0n) is 9.81. The Balaban J connectivity index is 2.16. The van der Waals surface area contributed by atoms with Crippen LogP contribution in [-0.4, -0.2) is 33.4 Å². The maximum absolute atomic E-state index is 11.9. The largest absolute Gasteiger partial charge is 0.341 e. The van der Waals surface area contributed by atoms with Gasteiger partial charge in [-0.05, 0) is 42.4 Å². The molecule has 0 aliphatic heterocycles. The van der Waals surface area contributed by atoms with Gasteiger partial charge < -0.3 is 4.90 Å². The van der Waals surface area contributed by atoms with Crippen molar-refractivity contribution in [1.29, 1.82) is 0 Å². The Morgan fingerprint density at radius 1 is 1.65 bits per heavy atom. The molecule has 5 nitrogen and oxygen atoms in total. The summed E-state index contributed by atoms with van der Waals surface area (Å²) < 4.78 is 1.95. The number of likely N-dealkylation sites (N-methyl/N-ethyl adjacent to an activating group) is 1. The van der Waals surface area contributed by atoms with Crippen LogP contribution in [0.4, 0.5) is 0 Å². The fourth-order valence-electron chi connectivity index (χ4n) is 1.58. The fraction of sp³-hybridized carbons (Fsp3) is 0.545. The molecule has 1 amide bonds. The van der Waals surface area contributed by atoms with E-state index in [4.69, 9.17) is 0 Å². The molecule has 0 atom stereocenters. The van der Waals surface area contributed by atoms with Crippen LogP contribution in [0.25, 0.3) is 0 Å². The molecular weight excluding hydrogens is 333 g/mol. The highest BCUT2D eigenvalue weighted by Crippen LogP contribution is 2.25. The first-order valence-corrected chi connectivity index (χ1v) is 6.55. The molecule has 0 spiro atoms. The van der Waals surface area contributed by atoms with Crippen LogP contribution in [0.3, 0.4) is 0 Å². The van der Waals surface area contributed by atoms with E-state index in [1.807, 2.05) is 22.6 Å². The van der Waals surface area contributed by atoms with Gasteiger partial charge in [-0.3, -0.25) is 14.2 Å². The van der Waals surface area contributed by atoms with Crippen LogP contribution in [0.5, 0.6) is 0 Å². The number of nitrogens with zero attached hydrogens (tertiary/aromatic N) is 3. The third-order valence-corrected chi connectivity index (χ3v) is 4.19. The van der Waals surface area contributed by atoms with E-state index in [9.17, 15) is 9.59 Å². The molecule has 2 rings (SSSR count). The number of hydrogen-bond acceptors (Lipinski definition) is 3. The van der Waals surface area contributed by atoms with Gasteiger partial charge in [0.2, 0.25) is 5.91 Å². The van der Waals surface area contributed by atoms with Crippen molar-refractivity contribution < 1.29 is 4.79 Å². The first-order valence-electron chi connectivity index (χ1n) is 5.48. The number of carbonyl (C=O) groups is 1. The Hall–Kier alpha value is -0.920. The first kappa shape index (κ1) is 12.5. The molecule has 6 heteroatoms. The van der Waals surface area contributed by atoms with Crippen LogP contribution in [0.15, 0.2) is 11.1 Å². The van der Waals surface area contributed by atoms with Gasteiger partial charge in [0.1, 0.15) is 6.54 Å². The van der Waals surface area contributed by atoms with E-state index >= 15 is 0 Å². The topological polar surface area (TPSA) is 55.2 Å². The van der Waals surface area contributed by atoms with Crippen molar-refractivity contribution in [3.8, 4) is 0 Å². The monoisotopic (exact) mass is 347 g/mol. The molecule has 0 unspecified atom stereocenters. The zero-order valence-corrected chi connectivity index (χ0v) is 12.0. The summed E-state index contributed by atoms with van der Waals surface area (Å²) in [6.07, 6.45) is 3.58. The third-order valence-electron chi connectivity index (χ3n) is 2.95. The molecule has 0 aromatic carbocycles. The maximum Gasteiger partial charge on any atom is 0.267 e. The number of halogens is 1. The van der Waals surface area contributed by atoms with Crippen molar-refractivity contribution in [2.75, 3.05) is 7.05 Å². The molecule has 0 bridgehead atoms. The van der Waals surface area contributed by atoms with E-state index in [0.717, 1.165) is 12.8 Å². The van der Waals surface area contributed by atoms with Crippen molar-refractivity contribution >= 4 is 28.5 Å². The predicted molar refractivity (Wildman–Crippen MR) is 71.7 cm³/mol. The summed E-state index contributed by atoms with van der Waals surface area (Å²) in [5.41, 5.74) is 0.561.